The molecule has 0 bridgehead atoms. The van der Waals surface area contributed by atoms with Gasteiger partial charge in [0.25, 0.3) is 17.7 Å². The third-order valence-electron chi connectivity index (χ3n) is 5.37. The largest absolute Gasteiger partial charge is 0.350 e. The molecule has 0 saturated heterocycles. The van der Waals surface area contributed by atoms with E-state index in [4.69, 9.17) is 34.8 Å². The molecule has 1 aliphatic rings. The van der Waals surface area contributed by atoms with Gasteiger partial charge in [0.2, 0.25) is 0 Å². The van der Waals surface area contributed by atoms with Crippen LogP contribution in [0.15, 0.2) is 88.9 Å². The van der Waals surface area contributed by atoms with Gasteiger partial charge >= 0.3 is 0 Å². The first-order valence-corrected chi connectivity index (χ1v) is 12.8. The van der Waals surface area contributed by atoms with Gasteiger partial charge < -0.3 is 5.32 Å². The maximum Gasteiger partial charge on any atom is 0.283 e. The van der Waals surface area contributed by atoms with Gasteiger partial charge in [0.05, 0.1) is 16.4 Å². The molecule has 37 heavy (non-hydrogen) atoms. The molecule has 0 spiro atoms. The Morgan fingerprint density at radius 3 is 2.43 bits per heavy atom. The lowest BCUT2D eigenvalue weighted by Gasteiger charge is -2.15. The molecular formula is C26H15Cl3N4O3S. The lowest BCUT2D eigenvalue weighted by Crippen LogP contribution is -2.32. The number of hydrogen-bond acceptors (Lipinski definition) is 6. The molecular weight excluding hydrogens is 555 g/mol. The second-order valence-electron chi connectivity index (χ2n) is 7.79. The van der Waals surface area contributed by atoms with Crippen LogP contribution in [0.3, 0.4) is 0 Å². The number of carbonyl (C=O) groups is 3. The highest BCUT2D eigenvalue weighted by Crippen LogP contribution is 2.33. The van der Waals surface area contributed by atoms with Crippen LogP contribution in [0.2, 0.25) is 10.0 Å². The van der Waals surface area contributed by atoms with Gasteiger partial charge in [-0.15, -0.1) is 11.3 Å². The van der Waals surface area contributed by atoms with Crippen LogP contribution in [-0.2, 0) is 9.59 Å². The van der Waals surface area contributed by atoms with Crippen molar-refractivity contribution in [3.05, 3.63) is 105 Å². The highest BCUT2D eigenvalue weighted by atomic mass is 35.5. The molecule has 0 aliphatic carbocycles. The average molecular weight is 570 g/mol. The molecule has 0 radical (unpaired) electrons. The number of halogens is 3. The lowest BCUT2D eigenvalue weighted by molar-refractivity contribution is -0.120. The van der Waals surface area contributed by atoms with E-state index in [-0.39, 0.29) is 10.7 Å². The first-order chi connectivity index (χ1) is 17.8. The Hall–Kier alpha value is -3.69. The SMILES string of the molecule is O=C(Nc1nc(-c2ccc(Cl)cc2Cl)cs1)c1cccc(NC2=C(Cl)C(=O)N(c3ccccc3)C2=O)c1. The molecule has 1 aromatic heterocycles. The predicted octanol–water partition coefficient (Wildman–Crippen LogP) is 6.80. The van der Waals surface area contributed by atoms with E-state index in [2.05, 4.69) is 15.6 Å². The van der Waals surface area contributed by atoms with Crippen LogP contribution in [0.25, 0.3) is 11.3 Å². The average Bonchev–Trinajstić information content (AvgIpc) is 3.43. The van der Waals surface area contributed by atoms with Crippen LogP contribution in [0.1, 0.15) is 10.4 Å². The molecule has 2 heterocycles. The fourth-order valence-electron chi connectivity index (χ4n) is 3.63. The normalized spacial score (nSPS) is 13.3. The number of amides is 3. The van der Waals surface area contributed by atoms with Gasteiger partial charge in [-0.2, -0.15) is 0 Å². The summed E-state index contributed by atoms with van der Waals surface area (Å²) in [5.41, 5.74) is 2.34. The van der Waals surface area contributed by atoms with E-state index in [1.54, 1.807) is 78.2 Å². The number of benzene rings is 3. The number of hydrogen-bond donors (Lipinski definition) is 2. The summed E-state index contributed by atoms with van der Waals surface area (Å²) in [7, 11) is 0. The Kier molecular flexibility index (Phi) is 6.99. The summed E-state index contributed by atoms with van der Waals surface area (Å²) in [4.78, 5) is 43.9. The molecule has 2 N–H and O–H groups in total. The molecule has 0 atom stereocenters. The van der Waals surface area contributed by atoms with E-state index in [0.717, 1.165) is 4.90 Å². The van der Waals surface area contributed by atoms with Crippen LogP contribution in [-0.4, -0.2) is 22.7 Å². The van der Waals surface area contributed by atoms with Gasteiger partial charge in [-0.05, 0) is 48.5 Å². The zero-order valence-electron chi connectivity index (χ0n) is 18.7. The molecule has 11 heteroatoms. The fourth-order valence-corrected chi connectivity index (χ4v) is 5.05. The number of nitrogens with one attached hydrogen (secondary N) is 2. The van der Waals surface area contributed by atoms with E-state index >= 15 is 0 Å². The molecule has 3 amide bonds. The van der Waals surface area contributed by atoms with Crippen molar-refractivity contribution in [3.63, 3.8) is 0 Å². The highest BCUT2D eigenvalue weighted by Gasteiger charge is 2.38. The Balaban J connectivity index is 1.31. The zero-order valence-corrected chi connectivity index (χ0v) is 21.8. The van der Waals surface area contributed by atoms with Gasteiger partial charge in [-0.3, -0.25) is 19.7 Å². The molecule has 4 aromatic rings. The zero-order chi connectivity index (χ0) is 26.1. The number of imide groups is 1. The fraction of sp³-hybridized carbons (Fsp3) is 0. The second-order valence-corrected chi connectivity index (χ2v) is 9.87. The molecule has 5 rings (SSSR count). The molecule has 0 saturated carbocycles. The standard InChI is InChI=1S/C26H15Cl3N4O3S/c27-15-9-10-18(19(28)12-15)20-13-37-26(31-20)32-23(34)14-5-4-6-16(11-14)30-22-21(29)24(35)33(25(22)36)17-7-2-1-3-8-17/h1-13,30H,(H,31,32,34). The van der Waals surface area contributed by atoms with Crippen molar-refractivity contribution in [1.29, 1.82) is 0 Å². The smallest absolute Gasteiger partial charge is 0.283 e. The van der Waals surface area contributed by atoms with E-state index in [0.29, 0.717) is 43.4 Å². The third kappa shape index (κ3) is 5.10. The minimum Gasteiger partial charge on any atom is -0.350 e. The lowest BCUT2D eigenvalue weighted by atomic mass is 10.2. The Morgan fingerprint density at radius 2 is 1.68 bits per heavy atom. The first-order valence-electron chi connectivity index (χ1n) is 10.7. The highest BCUT2D eigenvalue weighted by molar-refractivity contribution is 7.14. The topological polar surface area (TPSA) is 91.4 Å². The van der Waals surface area contributed by atoms with Gasteiger partial charge in [-0.1, -0.05) is 59.1 Å². The van der Waals surface area contributed by atoms with E-state index < -0.39 is 17.7 Å². The van der Waals surface area contributed by atoms with Gasteiger partial charge in [0, 0.05) is 27.2 Å². The number of nitrogens with zero attached hydrogens (tertiary/aromatic N) is 2. The summed E-state index contributed by atoms with van der Waals surface area (Å²) < 4.78 is 0. The number of para-hydroxylation sites is 1. The summed E-state index contributed by atoms with van der Waals surface area (Å²) in [6, 6.07) is 20.0. The minimum atomic E-state index is -0.630. The summed E-state index contributed by atoms with van der Waals surface area (Å²) in [6.07, 6.45) is 0. The maximum atomic E-state index is 13.0. The van der Waals surface area contributed by atoms with Crippen molar-refractivity contribution in [2.24, 2.45) is 0 Å². The van der Waals surface area contributed by atoms with E-state index in [1.807, 2.05) is 0 Å². The second kappa shape index (κ2) is 10.4. The Labute approximate surface area is 230 Å². The summed E-state index contributed by atoms with van der Waals surface area (Å²) in [5, 5.41) is 8.53. The molecule has 0 unspecified atom stereocenters. The monoisotopic (exact) mass is 568 g/mol. The predicted molar refractivity (Wildman–Crippen MR) is 147 cm³/mol. The quantitative estimate of drug-likeness (QED) is 0.249. The van der Waals surface area contributed by atoms with Crippen LogP contribution in [0, 0.1) is 0 Å². The summed E-state index contributed by atoms with van der Waals surface area (Å²) in [5.74, 6) is -1.63. The van der Waals surface area contributed by atoms with Crippen molar-refractivity contribution in [3.8, 4) is 11.3 Å². The number of thiazole rings is 1. The van der Waals surface area contributed by atoms with Crippen LogP contribution in [0.4, 0.5) is 16.5 Å². The Morgan fingerprint density at radius 1 is 0.892 bits per heavy atom. The van der Waals surface area contributed by atoms with Crippen LogP contribution < -0.4 is 15.5 Å². The minimum absolute atomic E-state index is 0.0718. The third-order valence-corrected chi connectivity index (χ3v) is 7.02. The number of aromatic nitrogens is 1. The van der Waals surface area contributed by atoms with Crippen LogP contribution in [0.5, 0.6) is 0 Å². The van der Waals surface area contributed by atoms with Gasteiger partial charge in [0.1, 0.15) is 10.7 Å². The number of anilines is 3. The van der Waals surface area contributed by atoms with Crippen LogP contribution >= 0.6 is 46.1 Å². The van der Waals surface area contributed by atoms with Gasteiger partial charge in [-0.25, -0.2) is 9.88 Å². The van der Waals surface area contributed by atoms with Crippen molar-refractivity contribution in [2.75, 3.05) is 15.5 Å². The van der Waals surface area contributed by atoms with Crippen molar-refractivity contribution in [1.82, 2.24) is 4.98 Å². The molecule has 1 aliphatic heterocycles. The Bertz CT molecular complexity index is 1590. The molecule has 7 nitrogen and oxygen atoms in total. The van der Waals surface area contributed by atoms with Crippen molar-refractivity contribution < 1.29 is 14.4 Å². The van der Waals surface area contributed by atoms with E-state index in [9.17, 15) is 14.4 Å². The number of rotatable bonds is 6. The van der Waals surface area contributed by atoms with Crippen molar-refractivity contribution >= 4 is 80.4 Å². The molecule has 184 valence electrons. The summed E-state index contributed by atoms with van der Waals surface area (Å²) >= 11 is 19.7. The van der Waals surface area contributed by atoms with Crippen molar-refractivity contribution in [2.45, 2.75) is 0 Å². The summed E-state index contributed by atoms with van der Waals surface area (Å²) in [6.45, 7) is 0. The van der Waals surface area contributed by atoms with E-state index in [1.165, 1.54) is 11.3 Å². The molecule has 0 fully saturated rings. The molecule has 3 aromatic carbocycles. The van der Waals surface area contributed by atoms with Gasteiger partial charge in [0.15, 0.2) is 5.13 Å². The maximum absolute atomic E-state index is 13.0. The number of carbonyl (C=O) groups excluding carboxylic acids is 3. The first kappa shape index (κ1) is 25.0.